The minimum absolute atomic E-state index is 0.0106. The number of nitrogens with one attached hydrogen (secondary N) is 2. The second-order valence-electron chi connectivity index (χ2n) is 8.81. The summed E-state index contributed by atoms with van der Waals surface area (Å²) < 4.78 is 69.8. The summed E-state index contributed by atoms with van der Waals surface area (Å²) in [4.78, 5) is 21.0. The zero-order chi connectivity index (χ0) is 25.8. The van der Waals surface area contributed by atoms with E-state index in [0.29, 0.717) is 16.9 Å². The van der Waals surface area contributed by atoms with Crippen LogP contribution in [0.15, 0.2) is 29.6 Å². The molecule has 0 bridgehead atoms. The highest BCUT2D eigenvalue weighted by Crippen LogP contribution is 2.40. The van der Waals surface area contributed by atoms with Gasteiger partial charge >= 0.3 is 6.18 Å². The average molecular weight is 542 g/mol. The zero-order valence-electron chi connectivity index (χ0n) is 19.2. The fraction of sp³-hybridized carbons (Fsp3) is 0.429. The van der Waals surface area contributed by atoms with E-state index in [2.05, 4.69) is 25.7 Å². The van der Waals surface area contributed by atoms with Crippen LogP contribution in [-0.4, -0.2) is 57.5 Å². The van der Waals surface area contributed by atoms with E-state index >= 15 is 0 Å². The van der Waals surface area contributed by atoms with Gasteiger partial charge in [-0.3, -0.25) is 9.48 Å². The van der Waals surface area contributed by atoms with E-state index in [1.807, 2.05) is 6.92 Å². The van der Waals surface area contributed by atoms with Crippen LogP contribution in [0.1, 0.15) is 34.1 Å². The normalized spacial score (nSPS) is 20.9. The van der Waals surface area contributed by atoms with Crippen molar-refractivity contribution in [1.82, 2.24) is 29.4 Å². The van der Waals surface area contributed by atoms with Crippen molar-refractivity contribution in [3.8, 4) is 10.6 Å². The SMILES string of the molecule is C[C@@H]1CN(S(=O)(=O)c2cnn(C)c2)CC[C@@H]1Nc1ncc(C(F)(F)F)c(-c2cc3c(s2)CNC3=O)n1. The van der Waals surface area contributed by atoms with E-state index in [1.165, 1.54) is 27.4 Å². The molecule has 1 saturated heterocycles. The molecule has 36 heavy (non-hydrogen) atoms. The number of hydrogen-bond acceptors (Lipinski definition) is 8. The first-order chi connectivity index (χ1) is 16.9. The first-order valence-electron chi connectivity index (χ1n) is 11.0. The summed E-state index contributed by atoms with van der Waals surface area (Å²) in [6.07, 6.45) is -0.794. The third kappa shape index (κ3) is 4.46. The first kappa shape index (κ1) is 24.6. The standard InChI is InChI=1S/C21H22F3N7O3S2/c1-11-9-31(36(33,34)12-6-27-30(2)10-12)4-3-15(11)28-20-26-7-14(21(22,23)24)18(29-20)16-5-13-17(35-16)8-25-19(13)32/h5-7,10-11,15H,3-4,8-9H2,1-2H3,(H,25,32)(H,26,28,29)/t11-,15+/m1/s1. The van der Waals surface area contributed by atoms with E-state index in [4.69, 9.17) is 0 Å². The third-order valence-electron chi connectivity index (χ3n) is 6.29. The molecule has 2 N–H and O–H groups in total. The highest BCUT2D eigenvalue weighted by Gasteiger charge is 2.38. The molecule has 1 amide bonds. The van der Waals surface area contributed by atoms with Crippen LogP contribution in [0.2, 0.25) is 0 Å². The Labute approximate surface area is 208 Å². The number of rotatable bonds is 5. The van der Waals surface area contributed by atoms with Crippen LogP contribution >= 0.6 is 11.3 Å². The minimum atomic E-state index is -4.68. The highest BCUT2D eigenvalue weighted by molar-refractivity contribution is 7.89. The Bertz CT molecular complexity index is 1430. The Morgan fingerprint density at radius 2 is 2.06 bits per heavy atom. The molecule has 2 aliphatic rings. The summed E-state index contributed by atoms with van der Waals surface area (Å²) in [6, 6.07) is 1.17. The molecule has 5 heterocycles. The molecule has 0 aliphatic carbocycles. The number of halogens is 3. The molecule has 15 heteroatoms. The zero-order valence-corrected chi connectivity index (χ0v) is 20.8. The Hall–Kier alpha value is -3.04. The van der Waals surface area contributed by atoms with E-state index in [0.717, 1.165) is 17.5 Å². The van der Waals surface area contributed by atoms with Gasteiger partial charge in [0, 0.05) is 43.4 Å². The predicted octanol–water partition coefficient (Wildman–Crippen LogP) is 2.71. The number of sulfonamides is 1. The molecule has 0 spiro atoms. The lowest BCUT2D eigenvalue weighted by Crippen LogP contribution is -2.47. The van der Waals surface area contributed by atoms with Gasteiger partial charge in [-0.25, -0.2) is 18.4 Å². The Balaban J connectivity index is 1.37. The topological polar surface area (TPSA) is 122 Å². The van der Waals surface area contributed by atoms with Crippen LogP contribution < -0.4 is 10.6 Å². The van der Waals surface area contributed by atoms with E-state index in [-0.39, 0.29) is 58.9 Å². The number of nitrogens with zero attached hydrogens (tertiary/aromatic N) is 5. The molecule has 5 rings (SSSR count). The number of carbonyl (C=O) groups excluding carboxylic acids is 1. The summed E-state index contributed by atoms with van der Waals surface area (Å²) >= 11 is 1.09. The lowest BCUT2D eigenvalue weighted by atomic mass is 9.95. The van der Waals surface area contributed by atoms with Gasteiger partial charge in [0.2, 0.25) is 16.0 Å². The molecule has 2 atom stereocenters. The van der Waals surface area contributed by atoms with Gasteiger partial charge in [0.05, 0.1) is 28.9 Å². The molecule has 10 nitrogen and oxygen atoms in total. The monoisotopic (exact) mass is 541 g/mol. The fourth-order valence-corrected chi connectivity index (χ4v) is 7.00. The van der Waals surface area contributed by atoms with Crippen LogP contribution in [-0.2, 0) is 29.8 Å². The molecule has 0 unspecified atom stereocenters. The van der Waals surface area contributed by atoms with Crippen LogP contribution in [0, 0.1) is 5.92 Å². The van der Waals surface area contributed by atoms with Crippen molar-refractivity contribution in [2.45, 2.75) is 37.0 Å². The van der Waals surface area contributed by atoms with Gasteiger partial charge in [0.1, 0.15) is 10.5 Å². The maximum Gasteiger partial charge on any atom is 0.420 e. The third-order valence-corrected chi connectivity index (χ3v) is 9.25. The quantitative estimate of drug-likeness (QED) is 0.509. The number of aryl methyl sites for hydroxylation is 1. The van der Waals surface area contributed by atoms with E-state index in [9.17, 15) is 26.4 Å². The van der Waals surface area contributed by atoms with Crippen molar-refractivity contribution in [2.75, 3.05) is 18.4 Å². The van der Waals surface area contributed by atoms with Gasteiger partial charge in [-0.1, -0.05) is 6.92 Å². The van der Waals surface area contributed by atoms with Crippen molar-refractivity contribution >= 4 is 33.2 Å². The highest BCUT2D eigenvalue weighted by atomic mass is 32.2. The number of anilines is 1. The lowest BCUT2D eigenvalue weighted by molar-refractivity contribution is -0.137. The average Bonchev–Trinajstić information content (AvgIpc) is 3.52. The molecular weight excluding hydrogens is 519 g/mol. The predicted molar refractivity (Wildman–Crippen MR) is 125 cm³/mol. The van der Waals surface area contributed by atoms with Crippen LogP contribution in [0.4, 0.5) is 19.1 Å². The summed E-state index contributed by atoms with van der Waals surface area (Å²) in [6.45, 7) is 2.57. The molecule has 0 aromatic carbocycles. The van der Waals surface area contributed by atoms with Crippen LogP contribution in [0.25, 0.3) is 10.6 Å². The number of hydrogen-bond donors (Lipinski definition) is 2. The maximum atomic E-state index is 13.7. The summed E-state index contributed by atoms with van der Waals surface area (Å²) in [5, 5.41) is 9.65. The van der Waals surface area contributed by atoms with Gasteiger partial charge in [-0.15, -0.1) is 11.3 Å². The van der Waals surface area contributed by atoms with Gasteiger partial charge in [0.15, 0.2) is 0 Å². The van der Waals surface area contributed by atoms with Gasteiger partial charge in [-0.2, -0.15) is 22.6 Å². The summed E-state index contributed by atoms with van der Waals surface area (Å²) in [5.41, 5.74) is -0.928. The molecular formula is C21H22F3N7O3S2. The molecule has 2 aliphatic heterocycles. The molecule has 192 valence electrons. The summed E-state index contributed by atoms with van der Waals surface area (Å²) in [5.74, 6) is -0.486. The largest absolute Gasteiger partial charge is 0.420 e. The Morgan fingerprint density at radius 1 is 1.28 bits per heavy atom. The number of alkyl halides is 3. The first-order valence-corrected chi connectivity index (χ1v) is 13.3. The van der Waals surface area contributed by atoms with Crippen LogP contribution in [0.3, 0.4) is 0 Å². The Morgan fingerprint density at radius 3 is 2.69 bits per heavy atom. The van der Waals surface area contributed by atoms with E-state index < -0.39 is 21.8 Å². The molecule has 0 saturated carbocycles. The smallest absolute Gasteiger partial charge is 0.351 e. The number of carbonyl (C=O) groups is 1. The van der Waals surface area contributed by atoms with Crippen molar-refractivity contribution in [3.63, 3.8) is 0 Å². The second-order valence-corrected chi connectivity index (χ2v) is 11.9. The molecule has 0 radical (unpaired) electrons. The van der Waals surface area contributed by atoms with Crippen molar-refractivity contribution in [3.05, 3.63) is 40.7 Å². The Kier molecular flexibility index (Phi) is 6.03. The van der Waals surface area contributed by atoms with Crippen molar-refractivity contribution in [2.24, 2.45) is 13.0 Å². The van der Waals surface area contributed by atoms with Gasteiger partial charge in [0.25, 0.3) is 5.91 Å². The fourth-order valence-electron chi connectivity index (χ4n) is 4.36. The van der Waals surface area contributed by atoms with Gasteiger partial charge < -0.3 is 10.6 Å². The minimum Gasteiger partial charge on any atom is -0.351 e. The second kappa shape index (κ2) is 8.81. The number of piperidine rings is 1. The number of thiophene rings is 1. The maximum absolute atomic E-state index is 13.7. The molecule has 3 aromatic rings. The molecule has 1 fully saturated rings. The molecule has 3 aromatic heterocycles. The number of fused-ring (bicyclic) bond motifs is 1. The van der Waals surface area contributed by atoms with Crippen molar-refractivity contribution < 1.29 is 26.4 Å². The summed E-state index contributed by atoms with van der Waals surface area (Å²) in [7, 11) is -2.07. The van der Waals surface area contributed by atoms with Crippen LogP contribution in [0.5, 0.6) is 0 Å². The lowest BCUT2D eigenvalue weighted by Gasteiger charge is -2.36. The van der Waals surface area contributed by atoms with Gasteiger partial charge in [-0.05, 0) is 18.4 Å². The number of amides is 1. The van der Waals surface area contributed by atoms with E-state index in [1.54, 1.807) is 7.05 Å². The van der Waals surface area contributed by atoms with Crippen molar-refractivity contribution in [1.29, 1.82) is 0 Å². The number of aromatic nitrogens is 4.